The number of amides is 1. The summed E-state index contributed by atoms with van der Waals surface area (Å²) in [6.07, 6.45) is 0.349. The van der Waals surface area contributed by atoms with E-state index in [1.165, 1.54) is 0 Å². The van der Waals surface area contributed by atoms with E-state index in [0.717, 1.165) is 21.6 Å². The highest BCUT2D eigenvalue weighted by atomic mass is 79.9. The Labute approximate surface area is 144 Å². The Morgan fingerprint density at radius 1 is 1.13 bits per heavy atom. The van der Waals surface area contributed by atoms with E-state index in [2.05, 4.69) is 26.6 Å². The van der Waals surface area contributed by atoms with E-state index in [1.54, 1.807) is 20.3 Å². The van der Waals surface area contributed by atoms with Gasteiger partial charge in [0.25, 0.3) is 0 Å². The summed E-state index contributed by atoms with van der Waals surface area (Å²) in [5, 5.41) is 6.05. The average Bonchev–Trinajstić information content (AvgIpc) is 2.55. The molecule has 0 atom stereocenters. The van der Waals surface area contributed by atoms with E-state index < -0.39 is 0 Å². The molecule has 0 saturated heterocycles. The molecule has 5 nitrogen and oxygen atoms in total. The van der Waals surface area contributed by atoms with Gasteiger partial charge in [0.2, 0.25) is 5.91 Å². The van der Waals surface area contributed by atoms with E-state index in [9.17, 15) is 4.79 Å². The molecule has 2 rings (SSSR count). The summed E-state index contributed by atoms with van der Waals surface area (Å²) in [6.45, 7) is 0.503. The van der Waals surface area contributed by atoms with Crippen LogP contribution >= 0.6 is 15.9 Å². The smallest absolute Gasteiger partial charge is 0.226 e. The molecule has 2 aromatic carbocycles. The van der Waals surface area contributed by atoms with Crippen molar-refractivity contribution < 1.29 is 14.3 Å². The maximum atomic E-state index is 12.0. The number of carbonyl (C=O) groups excluding carboxylic acids is 1. The lowest BCUT2D eigenvalue weighted by molar-refractivity contribution is -0.115. The number of rotatable bonds is 7. The molecule has 23 heavy (non-hydrogen) atoms. The lowest BCUT2D eigenvalue weighted by Gasteiger charge is -2.12. The highest BCUT2D eigenvalue weighted by Gasteiger charge is 2.06. The first-order valence-corrected chi connectivity index (χ1v) is 7.93. The number of hydrogen-bond acceptors (Lipinski definition) is 4. The van der Waals surface area contributed by atoms with Crippen molar-refractivity contribution >= 4 is 33.2 Å². The fraction of sp³-hybridized carbons (Fsp3) is 0.235. The van der Waals surface area contributed by atoms with Crippen LogP contribution in [0.5, 0.6) is 11.5 Å². The van der Waals surface area contributed by atoms with Crippen LogP contribution in [0, 0.1) is 0 Å². The Bertz CT molecular complexity index is 677. The molecular formula is C17H19BrN2O3. The van der Waals surface area contributed by atoms with Crippen LogP contribution in [0.2, 0.25) is 0 Å². The summed E-state index contributed by atoms with van der Waals surface area (Å²) in [5.74, 6) is 1.35. The molecule has 122 valence electrons. The molecule has 0 bridgehead atoms. The van der Waals surface area contributed by atoms with Gasteiger partial charge in [-0.3, -0.25) is 4.79 Å². The molecule has 6 heteroatoms. The Balaban J connectivity index is 1.86. The standard InChI is InChI=1S/C17H19BrN2O3/c1-22-14-6-7-15(16(11-14)23-2)19-9-8-17(21)20-13-5-3-4-12(18)10-13/h3-7,10-11,19H,8-9H2,1-2H3,(H,20,21). The molecule has 0 radical (unpaired) electrons. The molecule has 0 aliphatic rings. The van der Waals surface area contributed by atoms with Gasteiger partial charge in [-0.2, -0.15) is 0 Å². The van der Waals surface area contributed by atoms with Crippen LogP contribution in [0.15, 0.2) is 46.9 Å². The maximum absolute atomic E-state index is 12.0. The molecule has 0 aromatic heterocycles. The third kappa shape index (κ3) is 5.17. The molecule has 0 spiro atoms. The van der Waals surface area contributed by atoms with Crippen LogP contribution in [0.3, 0.4) is 0 Å². The average molecular weight is 379 g/mol. The summed E-state index contributed by atoms with van der Waals surface area (Å²) in [6, 6.07) is 13.0. The van der Waals surface area contributed by atoms with Gasteiger partial charge in [0.05, 0.1) is 19.9 Å². The number of halogens is 1. The molecule has 0 aliphatic heterocycles. The van der Waals surface area contributed by atoms with Crippen molar-refractivity contribution in [3.8, 4) is 11.5 Å². The molecule has 0 unspecified atom stereocenters. The Morgan fingerprint density at radius 2 is 1.96 bits per heavy atom. The van der Waals surface area contributed by atoms with E-state index in [4.69, 9.17) is 9.47 Å². The highest BCUT2D eigenvalue weighted by Crippen LogP contribution is 2.28. The summed E-state index contributed by atoms with van der Waals surface area (Å²) < 4.78 is 11.4. The van der Waals surface area contributed by atoms with Crippen molar-refractivity contribution in [1.29, 1.82) is 0 Å². The zero-order valence-electron chi connectivity index (χ0n) is 13.1. The number of nitrogens with one attached hydrogen (secondary N) is 2. The number of hydrogen-bond donors (Lipinski definition) is 2. The predicted molar refractivity (Wildman–Crippen MR) is 95.4 cm³/mol. The Hall–Kier alpha value is -2.21. The van der Waals surface area contributed by atoms with Gasteiger partial charge in [0.15, 0.2) is 0 Å². The van der Waals surface area contributed by atoms with Crippen molar-refractivity contribution in [3.63, 3.8) is 0 Å². The van der Waals surface area contributed by atoms with Crippen LogP contribution in [0.25, 0.3) is 0 Å². The molecular weight excluding hydrogens is 360 g/mol. The van der Waals surface area contributed by atoms with Crippen molar-refractivity contribution in [2.24, 2.45) is 0 Å². The van der Waals surface area contributed by atoms with Gasteiger partial charge in [0, 0.05) is 29.2 Å². The Kier molecular flexibility index (Phi) is 6.29. The minimum absolute atomic E-state index is 0.0527. The summed E-state index contributed by atoms with van der Waals surface area (Å²) >= 11 is 3.38. The number of ether oxygens (including phenoxy) is 2. The second-order valence-corrected chi connectivity index (χ2v) is 5.72. The highest BCUT2D eigenvalue weighted by molar-refractivity contribution is 9.10. The first kappa shape index (κ1) is 17.1. The number of anilines is 2. The molecule has 0 fully saturated rings. The lowest BCUT2D eigenvalue weighted by Crippen LogP contribution is -2.16. The van der Waals surface area contributed by atoms with Gasteiger partial charge >= 0.3 is 0 Å². The van der Waals surface area contributed by atoms with Gasteiger partial charge in [-0.1, -0.05) is 22.0 Å². The maximum Gasteiger partial charge on any atom is 0.226 e. The topological polar surface area (TPSA) is 59.6 Å². The van der Waals surface area contributed by atoms with Crippen LogP contribution < -0.4 is 20.1 Å². The van der Waals surface area contributed by atoms with Crippen molar-refractivity contribution in [1.82, 2.24) is 0 Å². The minimum atomic E-state index is -0.0527. The largest absolute Gasteiger partial charge is 0.497 e. The van der Waals surface area contributed by atoms with Crippen LogP contribution in [0.1, 0.15) is 6.42 Å². The number of methoxy groups -OCH3 is 2. The van der Waals surface area contributed by atoms with Crippen LogP contribution in [0.4, 0.5) is 11.4 Å². The van der Waals surface area contributed by atoms with E-state index >= 15 is 0 Å². The fourth-order valence-electron chi connectivity index (χ4n) is 2.04. The third-order valence-electron chi connectivity index (χ3n) is 3.18. The van der Waals surface area contributed by atoms with Crippen LogP contribution in [-0.2, 0) is 4.79 Å². The Morgan fingerprint density at radius 3 is 2.65 bits per heavy atom. The number of carbonyl (C=O) groups is 1. The zero-order valence-corrected chi connectivity index (χ0v) is 14.6. The van der Waals surface area contributed by atoms with Crippen molar-refractivity contribution in [2.45, 2.75) is 6.42 Å². The zero-order chi connectivity index (χ0) is 16.7. The van der Waals surface area contributed by atoms with Gasteiger partial charge in [-0.15, -0.1) is 0 Å². The second kappa shape index (κ2) is 8.43. The molecule has 1 amide bonds. The summed E-state index contributed by atoms with van der Waals surface area (Å²) in [7, 11) is 3.20. The summed E-state index contributed by atoms with van der Waals surface area (Å²) in [5.41, 5.74) is 1.59. The predicted octanol–water partition coefficient (Wildman–Crippen LogP) is 3.91. The summed E-state index contributed by atoms with van der Waals surface area (Å²) in [4.78, 5) is 12.0. The van der Waals surface area contributed by atoms with Crippen LogP contribution in [-0.4, -0.2) is 26.7 Å². The monoisotopic (exact) mass is 378 g/mol. The molecule has 0 aliphatic carbocycles. The second-order valence-electron chi connectivity index (χ2n) is 4.80. The van der Waals surface area contributed by atoms with E-state index in [-0.39, 0.29) is 5.91 Å². The first-order valence-electron chi connectivity index (χ1n) is 7.13. The number of benzene rings is 2. The van der Waals surface area contributed by atoms with Gasteiger partial charge < -0.3 is 20.1 Å². The van der Waals surface area contributed by atoms with E-state index in [0.29, 0.717) is 18.7 Å². The first-order chi connectivity index (χ1) is 11.1. The molecule has 2 aromatic rings. The van der Waals surface area contributed by atoms with E-state index in [1.807, 2.05) is 36.4 Å². The third-order valence-corrected chi connectivity index (χ3v) is 3.68. The van der Waals surface area contributed by atoms with Gasteiger partial charge in [-0.05, 0) is 30.3 Å². The van der Waals surface area contributed by atoms with Gasteiger partial charge in [-0.25, -0.2) is 0 Å². The minimum Gasteiger partial charge on any atom is -0.497 e. The van der Waals surface area contributed by atoms with Crippen molar-refractivity contribution in [3.05, 3.63) is 46.9 Å². The van der Waals surface area contributed by atoms with Gasteiger partial charge in [0.1, 0.15) is 11.5 Å². The lowest BCUT2D eigenvalue weighted by atomic mass is 10.2. The van der Waals surface area contributed by atoms with Crippen molar-refractivity contribution in [2.75, 3.05) is 31.4 Å². The quantitative estimate of drug-likeness (QED) is 0.766. The normalized spacial score (nSPS) is 10.0. The molecule has 0 saturated carbocycles. The SMILES string of the molecule is COc1ccc(NCCC(=O)Nc2cccc(Br)c2)c(OC)c1. The molecule has 0 heterocycles. The molecule has 2 N–H and O–H groups in total. The fourth-order valence-corrected chi connectivity index (χ4v) is 2.44.